The molecular formula is C17H32N4OS. The van der Waals surface area contributed by atoms with Crippen LogP contribution in [-0.2, 0) is 16.7 Å². The first-order valence-electron chi connectivity index (χ1n) is 8.44. The highest BCUT2D eigenvalue weighted by Crippen LogP contribution is 2.25. The summed E-state index contributed by atoms with van der Waals surface area (Å²) in [6.45, 7) is 11.9. The van der Waals surface area contributed by atoms with Crippen molar-refractivity contribution in [3.8, 4) is 0 Å². The number of thiazole rings is 1. The van der Waals surface area contributed by atoms with E-state index in [0.29, 0.717) is 6.54 Å². The Hall–Kier alpha value is -1.14. The number of nitrogens with zero attached hydrogens (tertiary/aromatic N) is 2. The van der Waals surface area contributed by atoms with Gasteiger partial charge in [0.1, 0.15) is 0 Å². The van der Waals surface area contributed by atoms with E-state index in [-0.39, 0.29) is 5.41 Å². The Balaban J connectivity index is 2.23. The minimum absolute atomic E-state index is 0.112. The summed E-state index contributed by atoms with van der Waals surface area (Å²) >= 11 is 1.72. The molecule has 6 heteroatoms. The first kappa shape index (κ1) is 19.9. The smallest absolute Gasteiger partial charge is 0.191 e. The minimum Gasteiger partial charge on any atom is -0.381 e. The van der Waals surface area contributed by atoms with Gasteiger partial charge < -0.3 is 15.4 Å². The zero-order chi connectivity index (χ0) is 17.1. The monoisotopic (exact) mass is 340 g/mol. The van der Waals surface area contributed by atoms with Gasteiger partial charge in [0.15, 0.2) is 5.96 Å². The zero-order valence-corrected chi connectivity index (χ0v) is 16.1. The lowest BCUT2D eigenvalue weighted by atomic mass is 9.98. The van der Waals surface area contributed by atoms with Gasteiger partial charge in [-0.2, -0.15) is 0 Å². The molecule has 1 heterocycles. The summed E-state index contributed by atoms with van der Waals surface area (Å²) in [6, 6.07) is 0. The number of rotatable bonds is 9. The average molecular weight is 341 g/mol. The second kappa shape index (κ2) is 10.6. The van der Waals surface area contributed by atoms with Gasteiger partial charge in [-0.15, -0.1) is 11.3 Å². The van der Waals surface area contributed by atoms with Crippen molar-refractivity contribution < 1.29 is 4.74 Å². The number of aliphatic imine (C=N–C) groups is 1. The molecule has 0 amide bonds. The number of unbranched alkanes of at least 4 members (excludes halogenated alkanes) is 1. The molecule has 0 fully saturated rings. The number of guanidine groups is 1. The molecule has 23 heavy (non-hydrogen) atoms. The molecular weight excluding hydrogens is 308 g/mol. The van der Waals surface area contributed by atoms with Crippen LogP contribution in [0.3, 0.4) is 0 Å². The highest BCUT2D eigenvalue weighted by Gasteiger charge is 2.17. The van der Waals surface area contributed by atoms with Gasteiger partial charge in [-0.05, 0) is 12.8 Å². The first-order chi connectivity index (χ1) is 11.0. The van der Waals surface area contributed by atoms with Crippen molar-refractivity contribution in [2.24, 2.45) is 4.99 Å². The van der Waals surface area contributed by atoms with Crippen molar-refractivity contribution in [3.63, 3.8) is 0 Å². The lowest BCUT2D eigenvalue weighted by Crippen LogP contribution is -2.37. The zero-order valence-electron chi connectivity index (χ0n) is 15.2. The number of hydrogen-bond donors (Lipinski definition) is 2. The Bertz CT molecular complexity index is 465. The molecule has 1 aromatic heterocycles. The van der Waals surface area contributed by atoms with E-state index in [0.717, 1.165) is 44.3 Å². The van der Waals surface area contributed by atoms with Crippen LogP contribution in [0.25, 0.3) is 0 Å². The molecule has 0 unspecified atom stereocenters. The highest BCUT2D eigenvalue weighted by atomic mass is 32.1. The molecule has 0 aliphatic rings. The van der Waals surface area contributed by atoms with Crippen LogP contribution in [-0.4, -0.2) is 37.7 Å². The molecule has 0 atom stereocenters. The van der Waals surface area contributed by atoms with Gasteiger partial charge >= 0.3 is 0 Å². The van der Waals surface area contributed by atoms with Crippen molar-refractivity contribution in [1.29, 1.82) is 0 Å². The third-order valence-corrected chi connectivity index (χ3v) is 4.57. The van der Waals surface area contributed by atoms with E-state index < -0.39 is 0 Å². The highest BCUT2D eigenvalue weighted by molar-refractivity contribution is 7.09. The van der Waals surface area contributed by atoms with Gasteiger partial charge in [0, 0.05) is 37.6 Å². The van der Waals surface area contributed by atoms with Gasteiger partial charge in [-0.1, -0.05) is 34.1 Å². The standard InChI is InChI=1S/C17H32N4OS/c1-6-7-10-22-11-8-9-19-16(18-5)20-12-14-13-23-15(21-14)17(2,3)4/h13H,6-12H2,1-5H3,(H2,18,19,20). The molecule has 2 N–H and O–H groups in total. The van der Waals surface area contributed by atoms with E-state index in [2.05, 4.69) is 53.7 Å². The van der Waals surface area contributed by atoms with Crippen molar-refractivity contribution >= 4 is 17.3 Å². The molecule has 1 aromatic rings. The van der Waals surface area contributed by atoms with Crippen LogP contribution in [0.1, 0.15) is 57.7 Å². The third kappa shape index (κ3) is 8.32. The van der Waals surface area contributed by atoms with Crippen molar-refractivity contribution in [1.82, 2.24) is 15.6 Å². The van der Waals surface area contributed by atoms with E-state index >= 15 is 0 Å². The number of aromatic nitrogens is 1. The lowest BCUT2D eigenvalue weighted by Gasteiger charge is -2.14. The molecule has 0 radical (unpaired) electrons. The third-order valence-electron chi connectivity index (χ3n) is 3.25. The predicted molar refractivity (Wildman–Crippen MR) is 99.4 cm³/mol. The van der Waals surface area contributed by atoms with Crippen molar-refractivity contribution in [2.45, 2.75) is 58.9 Å². The SMILES string of the molecule is CCCCOCCCNC(=NC)NCc1csc(C(C)(C)C)n1. The Morgan fingerprint density at radius 2 is 2.00 bits per heavy atom. The Morgan fingerprint density at radius 1 is 1.26 bits per heavy atom. The number of hydrogen-bond acceptors (Lipinski definition) is 4. The molecule has 0 saturated heterocycles. The molecule has 132 valence electrons. The summed E-state index contributed by atoms with van der Waals surface area (Å²) in [5, 5.41) is 9.89. The molecule has 0 saturated carbocycles. The predicted octanol–water partition coefficient (Wildman–Crippen LogP) is 3.31. The maximum absolute atomic E-state index is 5.54. The maximum atomic E-state index is 5.54. The van der Waals surface area contributed by atoms with Gasteiger partial charge in [0.05, 0.1) is 17.2 Å². The number of ether oxygens (including phenoxy) is 1. The van der Waals surface area contributed by atoms with Crippen LogP contribution < -0.4 is 10.6 Å². The Kier molecular flexibility index (Phi) is 9.17. The van der Waals surface area contributed by atoms with Crippen LogP contribution in [0.2, 0.25) is 0 Å². The second-order valence-electron chi connectivity index (χ2n) is 6.57. The van der Waals surface area contributed by atoms with E-state index in [4.69, 9.17) is 4.74 Å². The molecule has 0 aliphatic carbocycles. The first-order valence-corrected chi connectivity index (χ1v) is 9.32. The summed E-state index contributed by atoms with van der Waals surface area (Å²) < 4.78 is 5.54. The fraction of sp³-hybridized carbons (Fsp3) is 0.765. The molecule has 0 aliphatic heterocycles. The van der Waals surface area contributed by atoms with Crippen LogP contribution in [0, 0.1) is 0 Å². The summed E-state index contributed by atoms with van der Waals surface area (Å²) in [5.74, 6) is 0.809. The van der Waals surface area contributed by atoms with Crippen LogP contribution in [0.4, 0.5) is 0 Å². The summed E-state index contributed by atoms with van der Waals surface area (Å²) in [6.07, 6.45) is 3.30. The fourth-order valence-electron chi connectivity index (χ4n) is 1.86. The normalized spacial score (nSPS) is 12.5. The van der Waals surface area contributed by atoms with E-state index in [1.165, 1.54) is 11.4 Å². The van der Waals surface area contributed by atoms with Gasteiger partial charge in [0.2, 0.25) is 0 Å². The second-order valence-corrected chi connectivity index (χ2v) is 7.42. The quantitative estimate of drug-likeness (QED) is 0.411. The van der Waals surface area contributed by atoms with Crippen LogP contribution in [0.5, 0.6) is 0 Å². The van der Waals surface area contributed by atoms with Gasteiger partial charge in [-0.25, -0.2) is 4.98 Å². The van der Waals surface area contributed by atoms with Gasteiger partial charge in [0.25, 0.3) is 0 Å². The summed E-state index contributed by atoms with van der Waals surface area (Å²) in [4.78, 5) is 8.91. The maximum Gasteiger partial charge on any atom is 0.191 e. The molecule has 5 nitrogen and oxygen atoms in total. The Morgan fingerprint density at radius 3 is 2.61 bits per heavy atom. The topological polar surface area (TPSA) is 58.5 Å². The van der Waals surface area contributed by atoms with Gasteiger partial charge in [-0.3, -0.25) is 4.99 Å². The van der Waals surface area contributed by atoms with Crippen LogP contribution >= 0.6 is 11.3 Å². The largest absolute Gasteiger partial charge is 0.381 e. The lowest BCUT2D eigenvalue weighted by molar-refractivity contribution is 0.129. The molecule has 0 aromatic carbocycles. The van der Waals surface area contributed by atoms with Crippen molar-refractivity contribution in [3.05, 3.63) is 16.1 Å². The fourth-order valence-corrected chi connectivity index (χ4v) is 2.76. The average Bonchev–Trinajstić information content (AvgIpc) is 2.98. The molecule has 0 spiro atoms. The summed E-state index contributed by atoms with van der Waals surface area (Å²) in [7, 11) is 1.79. The summed E-state index contributed by atoms with van der Waals surface area (Å²) in [5.41, 5.74) is 1.17. The van der Waals surface area contributed by atoms with E-state index in [9.17, 15) is 0 Å². The molecule has 1 rings (SSSR count). The molecule has 0 bridgehead atoms. The Labute approximate surface area is 145 Å². The number of nitrogens with one attached hydrogen (secondary N) is 2. The van der Waals surface area contributed by atoms with Crippen LogP contribution in [0.15, 0.2) is 10.4 Å². The van der Waals surface area contributed by atoms with Crippen molar-refractivity contribution in [2.75, 3.05) is 26.8 Å². The van der Waals surface area contributed by atoms with E-state index in [1.54, 1.807) is 18.4 Å². The van der Waals surface area contributed by atoms with E-state index in [1.807, 2.05) is 0 Å². The minimum atomic E-state index is 0.112.